The van der Waals surface area contributed by atoms with Crippen LogP contribution in [-0.2, 0) is 4.79 Å². The van der Waals surface area contributed by atoms with E-state index < -0.39 is 0 Å². The van der Waals surface area contributed by atoms with Crippen LogP contribution in [-0.4, -0.2) is 59.0 Å². The molecule has 0 spiro atoms. The van der Waals surface area contributed by atoms with Crippen LogP contribution in [0.15, 0.2) is 18.5 Å². The summed E-state index contributed by atoms with van der Waals surface area (Å²) < 4.78 is 0. The lowest BCUT2D eigenvalue weighted by atomic mass is 9.96. The summed E-state index contributed by atoms with van der Waals surface area (Å²) in [6, 6.07) is 2.88. The van der Waals surface area contributed by atoms with Crippen LogP contribution in [0.4, 0.5) is 5.95 Å². The number of carbonyl (C=O) groups is 1. The zero-order chi connectivity index (χ0) is 17.6. The summed E-state index contributed by atoms with van der Waals surface area (Å²) >= 11 is 0. The van der Waals surface area contributed by atoms with Crippen LogP contribution in [0.5, 0.6) is 0 Å². The predicted molar refractivity (Wildman–Crippen MR) is 99.5 cm³/mol. The van der Waals surface area contributed by atoms with Crippen LogP contribution in [0.3, 0.4) is 0 Å². The van der Waals surface area contributed by atoms with Gasteiger partial charge < -0.3 is 10.2 Å². The highest BCUT2D eigenvalue weighted by Crippen LogP contribution is 2.21. The van der Waals surface area contributed by atoms with Crippen molar-refractivity contribution in [2.45, 2.75) is 58.0 Å². The summed E-state index contributed by atoms with van der Waals surface area (Å²) in [5.41, 5.74) is 0. The summed E-state index contributed by atoms with van der Waals surface area (Å²) in [5.74, 6) is 1.10. The molecule has 1 aromatic heterocycles. The number of carbonyl (C=O) groups excluding carboxylic acids is 1. The molecule has 0 aromatic carbocycles. The standard InChI is InChI=1S/C19H31N5O/c1-15-6-3-4-11-24(15)16(2)14-22-18(25)17-7-12-23(13-8-17)19-20-9-5-10-21-19/h5,9-10,15-17H,3-4,6-8,11-14H2,1-2H3,(H,22,25)/t15-,16+/m1/s1. The fourth-order valence-corrected chi connectivity index (χ4v) is 4.08. The number of rotatable bonds is 5. The molecule has 0 saturated carbocycles. The van der Waals surface area contributed by atoms with Gasteiger partial charge in [-0.1, -0.05) is 6.42 Å². The number of nitrogens with zero attached hydrogens (tertiary/aromatic N) is 4. The molecule has 3 rings (SSSR count). The van der Waals surface area contributed by atoms with Crippen LogP contribution < -0.4 is 10.2 Å². The Labute approximate surface area is 151 Å². The molecule has 3 heterocycles. The minimum absolute atomic E-state index is 0.117. The molecule has 1 amide bonds. The molecule has 2 fully saturated rings. The van der Waals surface area contributed by atoms with Crippen molar-refractivity contribution in [3.63, 3.8) is 0 Å². The number of aromatic nitrogens is 2. The van der Waals surface area contributed by atoms with Crippen molar-refractivity contribution in [3.8, 4) is 0 Å². The molecule has 0 bridgehead atoms. The molecule has 2 aliphatic rings. The Morgan fingerprint density at radius 2 is 1.92 bits per heavy atom. The van der Waals surface area contributed by atoms with Gasteiger partial charge in [0.2, 0.25) is 11.9 Å². The van der Waals surface area contributed by atoms with Gasteiger partial charge in [-0.2, -0.15) is 0 Å². The fraction of sp³-hybridized carbons (Fsp3) is 0.737. The Kier molecular flexibility index (Phi) is 6.24. The highest BCUT2D eigenvalue weighted by Gasteiger charge is 2.27. The van der Waals surface area contributed by atoms with E-state index in [2.05, 4.69) is 38.9 Å². The normalized spacial score (nSPS) is 24.1. The molecule has 6 heteroatoms. The van der Waals surface area contributed by atoms with E-state index in [-0.39, 0.29) is 11.8 Å². The Balaban J connectivity index is 1.42. The van der Waals surface area contributed by atoms with E-state index in [0.717, 1.165) is 45.0 Å². The third-order valence-corrected chi connectivity index (χ3v) is 5.69. The van der Waals surface area contributed by atoms with Crippen molar-refractivity contribution >= 4 is 11.9 Å². The molecule has 1 aromatic rings. The maximum Gasteiger partial charge on any atom is 0.225 e. The lowest BCUT2D eigenvalue weighted by molar-refractivity contribution is -0.125. The number of hydrogen-bond acceptors (Lipinski definition) is 5. The molecule has 0 aliphatic carbocycles. The van der Waals surface area contributed by atoms with Gasteiger partial charge in [0.05, 0.1) is 0 Å². The smallest absolute Gasteiger partial charge is 0.225 e. The first kappa shape index (κ1) is 18.1. The van der Waals surface area contributed by atoms with E-state index in [1.54, 1.807) is 12.4 Å². The van der Waals surface area contributed by atoms with Gasteiger partial charge in [0, 0.05) is 50.0 Å². The molecule has 0 unspecified atom stereocenters. The average molecular weight is 345 g/mol. The van der Waals surface area contributed by atoms with Crippen molar-refractivity contribution < 1.29 is 4.79 Å². The summed E-state index contributed by atoms with van der Waals surface area (Å²) in [5, 5.41) is 3.19. The lowest BCUT2D eigenvalue weighted by Gasteiger charge is -2.38. The highest BCUT2D eigenvalue weighted by molar-refractivity contribution is 5.79. The van der Waals surface area contributed by atoms with E-state index in [1.807, 2.05) is 6.07 Å². The first-order chi connectivity index (χ1) is 12.1. The Hall–Kier alpha value is -1.69. The highest BCUT2D eigenvalue weighted by atomic mass is 16.1. The maximum atomic E-state index is 12.5. The molecular formula is C19H31N5O. The topological polar surface area (TPSA) is 61.4 Å². The van der Waals surface area contributed by atoms with Crippen LogP contribution in [0.1, 0.15) is 46.0 Å². The van der Waals surface area contributed by atoms with Gasteiger partial charge in [0.15, 0.2) is 0 Å². The van der Waals surface area contributed by atoms with E-state index in [1.165, 1.54) is 19.3 Å². The van der Waals surface area contributed by atoms with Gasteiger partial charge in [-0.05, 0) is 52.1 Å². The molecule has 2 aliphatic heterocycles. The maximum absolute atomic E-state index is 12.5. The number of piperidine rings is 2. The fourth-order valence-electron chi connectivity index (χ4n) is 4.08. The van der Waals surface area contributed by atoms with E-state index in [9.17, 15) is 4.79 Å². The van der Waals surface area contributed by atoms with Crippen molar-refractivity contribution in [1.82, 2.24) is 20.2 Å². The van der Waals surface area contributed by atoms with Crippen LogP contribution in [0.2, 0.25) is 0 Å². The molecular weight excluding hydrogens is 314 g/mol. The van der Waals surface area contributed by atoms with Crippen molar-refractivity contribution in [3.05, 3.63) is 18.5 Å². The Morgan fingerprint density at radius 1 is 1.20 bits per heavy atom. The van der Waals surface area contributed by atoms with E-state index in [4.69, 9.17) is 0 Å². The zero-order valence-electron chi connectivity index (χ0n) is 15.5. The minimum atomic E-state index is 0.117. The first-order valence-corrected chi connectivity index (χ1v) is 9.70. The SMILES string of the molecule is C[C@@H]1CCCCN1[C@@H](C)CNC(=O)C1CCN(c2ncccn2)CC1. The van der Waals surface area contributed by atoms with E-state index >= 15 is 0 Å². The number of hydrogen-bond donors (Lipinski definition) is 1. The second-order valence-electron chi connectivity index (χ2n) is 7.49. The third-order valence-electron chi connectivity index (χ3n) is 5.69. The van der Waals surface area contributed by atoms with Crippen LogP contribution >= 0.6 is 0 Å². The predicted octanol–water partition coefficient (Wildman–Crippen LogP) is 2.07. The number of amides is 1. The van der Waals surface area contributed by atoms with Gasteiger partial charge in [0.25, 0.3) is 0 Å². The van der Waals surface area contributed by atoms with Gasteiger partial charge in [-0.3, -0.25) is 9.69 Å². The zero-order valence-corrected chi connectivity index (χ0v) is 15.5. The second-order valence-corrected chi connectivity index (χ2v) is 7.49. The Morgan fingerprint density at radius 3 is 2.60 bits per heavy atom. The molecule has 25 heavy (non-hydrogen) atoms. The first-order valence-electron chi connectivity index (χ1n) is 9.70. The second kappa shape index (κ2) is 8.61. The van der Waals surface area contributed by atoms with Crippen molar-refractivity contribution in [1.29, 1.82) is 0 Å². The van der Waals surface area contributed by atoms with E-state index in [0.29, 0.717) is 12.1 Å². The average Bonchev–Trinajstić information content (AvgIpc) is 2.67. The molecule has 1 N–H and O–H groups in total. The minimum Gasteiger partial charge on any atom is -0.354 e. The van der Waals surface area contributed by atoms with Crippen LogP contribution in [0, 0.1) is 5.92 Å². The Bertz CT molecular complexity index is 544. The molecule has 0 radical (unpaired) electrons. The quantitative estimate of drug-likeness (QED) is 0.885. The number of anilines is 1. The molecule has 2 saturated heterocycles. The number of likely N-dealkylation sites (tertiary alicyclic amines) is 1. The summed E-state index contributed by atoms with van der Waals surface area (Å²) in [6.45, 7) is 8.15. The van der Waals surface area contributed by atoms with Crippen molar-refractivity contribution in [2.75, 3.05) is 31.1 Å². The summed E-state index contributed by atoms with van der Waals surface area (Å²) in [4.78, 5) is 25.8. The van der Waals surface area contributed by atoms with Gasteiger partial charge in [-0.25, -0.2) is 9.97 Å². The van der Waals surface area contributed by atoms with Gasteiger partial charge >= 0.3 is 0 Å². The molecule has 6 nitrogen and oxygen atoms in total. The lowest BCUT2D eigenvalue weighted by Crippen LogP contribution is -2.49. The largest absolute Gasteiger partial charge is 0.354 e. The monoisotopic (exact) mass is 345 g/mol. The van der Waals surface area contributed by atoms with Crippen LogP contribution in [0.25, 0.3) is 0 Å². The summed E-state index contributed by atoms with van der Waals surface area (Å²) in [7, 11) is 0. The molecule has 138 valence electrons. The molecule has 2 atom stereocenters. The van der Waals surface area contributed by atoms with Gasteiger partial charge in [0.1, 0.15) is 0 Å². The van der Waals surface area contributed by atoms with Crippen molar-refractivity contribution in [2.24, 2.45) is 5.92 Å². The third kappa shape index (κ3) is 4.69. The number of nitrogens with one attached hydrogen (secondary N) is 1. The van der Waals surface area contributed by atoms with Gasteiger partial charge in [-0.15, -0.1) is 0 Å². The summed E-state index contributed by atoms with van der Waals surface area (Å²) in [6.07, 6.45) is 9.17.